The summed E-state index contributed by atoms with van der Waals surface area (Å²) < 4.78 is 9.61. The number of aliphatic hydroxyl groups excluding tert-OH is 4. The minimum Gasteiger partial charge on any atom is -0.394 e. The molecule has 1 aliphatic rings. The van der Waals surface area contributed by atoms with E-state index in [1.165, 1.54) is 7.11 Å². The highest BCUT2D eigenvalue weighted by Gasteiger charge is 2.43. The van der Waals surface area contributed by atoms with Gasteiger partial charge in [0.25, 0.3) is 0 Å². The molecular formula is C7H14O6. The van der Waals surface area contributed by atoms with Crippen molar-refractivity contribution in [2.75, 3.05) is 13.7 Å². The Balaban J connectivity index is 2.69. The third kappa shape index (κ3) is 1.98. The van der Waals surface area contributed by atoms with Crippen molar-refractivity contribution in [2.24, 2.45) is 0 Å². The van der Waals surface area contributed by atoms with Crippen molar-refractivity contribution < 1.29 is 29.9 Å². The Morgan fingerprint density at radius 3 is 2.31 bits per heavy atom. The van der Waals surface area contributed by atoms with Crippen LogP contribution in [0.2, 0.25) is 0 Å². The standard InChI is InChI=1S/C7H14O6/c1-12-6-3(2-8)13-7(11)5(10)4(6)9/h3-11H,2H2,1H3/t3-,4-,5-,6+,7+/m0/s1. The van der Waals surface area contributed by atoms with E-state index < -0.39 is 30.7 Å². The lowest BCUT2D eigenvalue weighted by Gasteiger charge is -2.39. The molecule has 0 bridgehead atoms. The van der Waals surface area contributed by atoms with Crippen molar-refractivity contribution in [2.45, 2.75) is 30.7 Å². The minimum absolute atomic E-state index is 0.390. The highest BCUT2D eigenvalue weighted by atomic mass is 16.6. The van der Waals surface area contributed by atoms with Crippen LogP contribution in [0.15, 0.2) is 0 Å². The molecule has 6 nitrogen and oxygen atoms in total. The smallest absolute Gasteiger partial charge is 0.184 e. The third-order valence-corrected chi connectivity index (χ3v) is 2.11. The maximum absolute atomic E-state index is 9.38. The molecule has 13 heavy (non-hydrogen) atoms. The molecule has 4 N–H and O–H groups in total. The summed E-state index contributed by atoms with van der Waals surface area (Å²) in [5.74, 6) is 0. The third-order valence-electron chi connectivity index (χ3n) is 2.11. The zero-order valence-corrected chi connectivity index (χ0v) is 7.20. The summed E-state index contributed by atoms with van der Waals surface area (Å²) in [6.07, 6.45) is -5.81. The predicted octanol–water partition coefficient (Wildman–Crippen LogP) is -2.57. The van der Waals surface area contributed by atoms with Gasteiger partial charge in [-0.3, -0.25) is 0 Å². The first-order chi connectivity index (χ1) is 6.11. The normalized spacial score (nSPS) is 46.4. The lowest BCUT2D eigenvalue weighted by Crippen LogP contribution is -2.59. The van der Waals surface area contributed by atoms with Crippen LogP contribution < -0.4 is 0 Å². The Morgan fingerprint density at radius 1 is 1.23 bits per heavy atom. The molecule has 0 saturated carbocycles. The van der Waals surface area contributed by atoms with Gasteiger partial charge in [0, 0.05) is 7.11 Å². The molecule has 6 heteroatoms. The zero-order chi connectivity index (χ0) is 10.0. The summed E-state index contributed by atoms with van der Waals surface area (Å²) in [5.41, 5.74) is 0. The van der Waals surface area contributed by atoms with Crippen LogP contribution >= 0.6 is 0 Å². The molecule has 1 rings (SSSR count). The van der Waals surface area contributed by atoms with Gasteiger partial charge in [0.2, 0.25) is 0 Å². The van der Waals surface area contributed by atoms with Crippen LogP contribution in [-0.2, 0) is 9.47 Å². The Bertz CT molecular complexity index is 161. The molecule has 78 valence electrons. The maximum Gasteiger partial charge on any atom is 0.184 e. The Morgan fingerprint density at radius 2 is 1.85 bits per heavy atom. The first-order valence-electron chi connectivity index (χ1n) is 3.95. The number of hydrogen-bond donors (Lipinski definition) is 4. The van der Waals surface area contributed by atoms with Crippen LogP contribution in [0, 0.1) is 0 Å². The van der Waals surface area contributed by atoms with Crippen LogP contribution in [0.4, 0.5) is 0 Å². The monoisotopic (exact) mass is 194 g/mol. The second kappa shape index (κ2) is 4.32. The van der Waals surface area contributed by atoms with Crippen molar-refractivity contribution in [3.63, 3.8) is 0 Å². The van der Waals surface area contributed by atoms with E-state index in [0.29, 0.717) is 0 Å². The summed E-state index contributed by atoms with van der Waals surface area (Å²) in [6.45, 7) is -0.390. The molecule has 1 fully saturated rings. The SMILES string of the molecule is CO[C@H]1[C@@H](O)[C@H](O)[C@H](O)O[C@H]1CO. The van der Waals surface area contributed by atoms with E-state index in [-0.39, 0.29) is 6.61 Å². The topological polar surface area (TPSA) is 99.4 Å². The van der Waals surface area contributed by atoms with Crippen LogP contribution in [0.5, 0.6) is 0 Å². The summed E-state index contributed by atoms with van der Waals surface area (Å²) >= 11 is 0. The van der Waals surface area contributed by atoms with E-state index in [0.717, 1.165) is 0 Å². The van der Waals surface area contributed by atoms with E-state index in [1.807, 2.05) is 0 Å². The average molecular weight is 194 g/mol. The molecule has 0 aliphatic carbocycles. The largest absolute Gasteiger partial charge is 0.394 e. The van der Waals surface area contributed by atoms with Gasteiger partial charge in [-0.15, -0.1) is 0 Å². The van der Waals surface area contributed by atoms with Gasteiger partial charge in [0.1, 0.15) is 24.4 Å². The highest BCUT2D eigenvalue weighted by molar-refractivity contribution is 4.89. The molecule has 1 saturated heterocycles. The number of methoxy groups -OCH3 is 1. The van der Waals surface area contributed by atoms with Gasteiger partial charge < -0.3 is 29.9 Å². The van der Waals surface area contributed by atoms with Crippen molar-refractivity contribution in [3.8, 4) is 0 Å². The van der Waals surface area contributed by atoms with E-state index in [4.69, 9.17) is 19.7 Å². The quantitative estimate of drug-likeness (QED) is 0.386. The van der Waals surface area contributed by atoms with Crippen molar-refractivity contribution >= 4 is 0 Å². The summed E-state index contributed by atoms with van der Waals surface area (Å²) in [6, 6.07) is 0. The fraction of sp³-hybridized carbons (Fsp3) is 1.00. The number of hydrogen-bond acceptors (Lipinski definition) is 6. The number of rotatable bonds is 2. The van der Waals surface area contributed by atoms with Gasteiger partial charge in [-0.1, -0.05) is 0 Å². The molecule has 0 amide bonds. The molecule has 0 spiro atoms. The number of ether oxygens (including phenoxy) is 2. The highest BCUT2D eigenvalue weighted by Crippen LogP contribution is 2.21. The first kappa shape index (κ1) is 10.8. The van der Waals surface area contributed by atoms with E-state index in [2.05, 4.69) is 0 Å². The van der Waals surface area contributed by atoms with E-state index in [1.54, 1.807) is 0 Å². The summed E-state index contributed by atoms with van der Waals surface area (Å²) in [5, 5.41) is 36.4. The van der Waals surface area contributed by atoms with Gasteiger partial charge in [-0.25, -0.2) is 0 Å². The van der Waals surface area contributed by atoms with E-state index in [9.17, 15) is 10.2 Å². The fourth-order valence-corrected chi connectivity index (χ4v) is 1.36. The molecule has 0 aromatic carbocycles. The molecule has 1 heterocycles. The van der Waals surface area contributed by atoms with E-state index >= 15 is 0 Å². The second-order valence-corrected chi connectivity index (χ2v) is 2.93. The van der Waals surface area contributed by atoms with Gasteiger partial charge in [0.15, 0.2) is 6.29 Å². The molecule has 0 aromatic heterocycles. The first-order valence-corrected chi connectivity index (χ1v) is 3.95. The average Bonchev–Trinajstić information content (AvgIpc) is 2.13. The Hall–Kier alpha value is -0.240. The summed E-state index contributed by atoms with van der Waals surface area (Å²) in [4.78, 5) is 0. The zero-order valence-electron chi connectivity index (χ0n) is 7.20. The van der Waals surface area contributed by atoms with Crippen molar-refractivity contribution in [3.05, 3.63) is 0 Å². The maximum atomic E-state index is 9.38. The van der Waals surface area contributed by atoms with Crippen LogP contribution in [0.3, 0.4) is 0 Å². The summed E-state index contributed by atoms with van der Waals surface area (Å²) in [7, 11) is 1.32. The molecule has 0 aromatic rings. The van der Waals surface area contributed by atoms with Gasteiger partial charge in [0.05, 0.1) is 6.61 Å². The van der Waals surface area contributed by atoms with Crippen molar-refractivity contribution in [1.82, 2.24) is 0 Å². The predicted molar refractivity (Wildman–Crippen MR) is 40.8 cm³/mol. The van der Waals surface area contributed by atoms with Crippen molar-refractivity contribution in [1.29, 1.82) is 0 Å². The Labute approximate surface area is 75.3 Å². The van der Waals surface area contributed by atoms with Gasteiger partial charge in [-0.05, 0) is 0 Å². The Kier molecular flexibility index (Phi) is 3.60. The molecule has 0 radical (unpaired) electrons. The van der Waals surface area contributed by atoms with Gasteiger partial charge >= 0.3 is 0 Å². The van der Waals surface area contributed by atoms with Crippen LogP contribution in [0.1, 0.15) is 0 Å². The molecule has 0 unspecified atom stereocenters. The second-order valence-electron chi connectivity index (χ2n) is 2.93. The number of aliphatic hydroxyl groups is 4. The minimum atomic E-state index is -1.49. The fourth-order valence-electron chi connectivity index (χ4n) is 1.36. The van der Waals surface area contributed by atoms with Crippen LogP contribution in [-0.4, -0.2) is 64.8 Å². The molecule has 1 aliphatic heterocycles. The lowest BCUT2D eigenvalue weighted by atomic mass is 9.99. The lowest BCUT2D eigenvalue weighted by molar-refractivity contribution is -0.290. The molecule has 5 atom stereocenters. The van der Waals surface area contributed by atoms with Gasteiger partial charge in [-0.2, -0.15) is 0 Å². The van der Waals surface area contributed by atoms with Crippen LogP contribution in [0.25, 0.3) is 0 Å². The molecular weight excluding hydrogens is 180 g/mol.